The van der Waals surface area contributed by atoms with Crippen LogP contribution in [0, 0.1) is 0 Å². The van der Waals surface area contributed by atoms with Crippen LogP contribution < -0.4 is 4.90 Å². The van der Waals surface area contributed by atoms with E-state index in [1.807, 2.05) is 24.4 Å². The van der Waals surface area contributed by atoms with Gasteiger partial charge < -0.3 is 4.90 Å². The summed E-state index contributed by atoms with van der Waals surface area (Å²) in [6, 6.07) is 8.08. The van der Waals surface area contributed by atoms with Crippen LogP contribution in [0.4, 0.5) is 5.82 Å². The van der Waals surface area contributed by atoms with Crippen LogP contribution in [-0.2, 0) is 0 Å². The Labute approximate surface area is 163 Å². The molecule has 0 spiro atoms. The number of H-pyrrole nitrogens is 1. The van der Waals surface area contributed by atoms with Crippen molar-refractivity contribution in [2.24, 2.45) is 0 Å². The lowest BCUT2D eigenvalue weighted by Gasteiger charge is -2.40. The van der Waals surface area contributed by atoms with E-state index in [2.05, 4.69) is 41.9 Å². The van der Waals surface area contributed by atoms with Crippen LogP contribution in [0.25, 0.3) is 11.5 Å². The average Bonchev–Trinajstić information content (AvgIpc) is 3.23. The van der Waals surface area contributed by atoms with Crippen molar-refractivity contribution >= 4 is 11.6 Å². The van der Waals surface area contributed by atoms with Crippen molar-refractivity contribution < 1.29 is 4.79 Å². The minimum atomic E-state index is 0.0519. The Morgan fingerprint density at radius 2 is 1.96 bits per heavy atom. The van der Waals surface area contributed by atoms with Crippen LogP contribution in [0.3, 0.4) is 0 Å². The highest BCUT2D eigenvalue weighted by atomic mass is 16.1. The maximum absolute atomic E-state index is 12.7. The molecule has 144 valence electrons. The SMILES string of the molecule is CC1CN(CCC(=O)c2cn[nH]c2-c2ncccn2)CCN1c1ccccn1. The predicted octanol–water partition coefficient (Wildman–Crippen LogP) is 2.05. The van der Waals surface area contributed by atoms with Crippen molar-refractivity contribution in [3.05, 3.63) is 54.6 Å². The number of ketones is 1. The number of Topliss-reactive ketones (excluding diaryl/α,β-unsaturated/α-hetero) is 1. The Kier molecular flexibility index (Phi) is 5.38. The maximum atomic E-state index is 12.7. The van der Waals surface area contributed by atoms with E-state index in [0.29, 0.717) is 29.5 Å². The zero-order chi connectivity index (χ0) is 19.3. The van der Waals surface area contributed by atoms with E-state index in [1.54, 1.807) is 24.7 Å². The van der Waals surface area contributed by atoms with E-state index in [4.69, 9.17) is 0 Å². The molecule has 0 bridgehead atoms. The van der Waals surface area contributed by atoms with Crippen LogP contribution in [0.1, 0.15) is 23.7 Å². The Morgan fingerprint density at radius 3 is 2.71 bits per heavy atom. The fraction of sp³-hybridized carbons (Fsp3) is 0.350. The molecule has 0 saturated carbocycles. The molecule has 1 fully saturated rings. The smallest absolute Gasteiger partial charge is 0.178 e. The van der Waals surface area contributed by atoms with E-state index in [9.17, 15) is 4.79 Å². The highest BCUT2D eigenvalue weighted by Crippen LogP contribution is 2.20. The fourth-order valence-electron chi connectivity index (χ4n) is 3.59. The van der Waals surface area contributed by atoms with Crippen LogP contribution >= 0.6 is 0 Å². The maximum Gasteiger partial charge on any atom is 0.178 e. The fourth-order valence-corrected chi connectivity index (χ4v) is 3.59. The first-order valence-corrected chi connectivity index (χ1v) is 9.46. The van der Waals surface area contributed by atoms with E-state index >= 15 is 0 Å². The third-order valence-corrected chi connectivity index (χ3v) is 5.04. The molecular weight excluding hydrogens is 354 g/mol. The van der Waals surface area contributed by atoms with Crippen LogP contribution in [0.2, 0.25) is 0 Å². The molecule has 0 amide bonds. The topological polar surface area (TPSA) is 90.9 Å². The molecule has 1 aliphatic rings. The molecule has 1 aliphatic heterocycles. The van der Waals surface area contributed by atoms with Gasteiger partial charge in [-0.2, -0.15) is 5.10 Å². The largest absolute Gasteiger partial charge is 0.351 e. The Morgan fingerprint density at radius 1 is 1.14 bits per heavy atom. The van der Waals surface area contributed by atoms with Crippen LogP contribution in [0.5, 0.6) is 0 Å². The summed E-state index contributed by atoms with van der Waals surface area (Å²) in [4.78, 5) is 30.3. The lowest BCUT2D eigenvalue weighted by molar-refractivity contribution is 0.0959. The predicted molar refractivity (Wildman–Crippen MR) is 106 cm³/mol. The second-order valence-corrected chi connectivity index (χ2v) is 6.94. The van der Waals surface area contributed by atoms with Gasteiger partial charge in [0.15, 0.2) is 11.6 Å². The molecule has 8 nitrogen and oxygen atoms in total. The number of carbonyl (C=O) groups excluding carboxylic acids is 1. The zero-order valence-electron chi connectivity index (χ0n) is 15.8. The van der Waals surface area contributed by atoms with Gasteiger partial charge in [0.2, 0.25) is 0 Å². The van der Waals surface area contributed by atoms with Crippen LogP contribution in [-0.4, -0.2) is 68.1 Å². The van der Waals surface area contributed by atoms with Gasteiger partial charge in [0, 0.05) is 57.2 Å². The molecule has 1 unspecified atom stereocenters. The minimum Gasteiger partial charge on any atom is -0.351 e. The summed E-state index contributed by atoms with van der Waals surface area (Å²) in [7, 11) is 0. The van der Waals surface area contributed by atoms with Crippen molar-refractivity contribution in [3.63, 3.8) is 0 Å². The second-order valence-electron chi connectivity index (χ2n) is 6.94. The summed E-state index contributed by atoms with van der Waals surface area (Å²) in [5.41, 5.74) is 1.13. The number of nitrogens with zero attached hydrogens (tertiary/aromatic N) is 6. The van der Waals surface area contributed by atoms with Gasteiger partial charge in [0.1, 0.15) is 11.5 Å². The molecule has 0 radical (unpaired) electrons. The molecule has 28 heavy (non-hydrogen) atoms. The normalized spacial score (nSPS) is 17.6. The van der Waals surface area contributed by atoms with E-state index in [0.717, 1.165) is 32.0 Å². The summed E-state index contributed by atoms with van der Waals surface area (Å²) in [5.74, 6) is 1.55. The molecule has 4 rings (SSSR count). The molecule has 4 heterocycles. The Bertz CT molecular complexity index is 913. The lowest BCUT2D eigenvalue weighted by Crippen LogP contribution is -2.52. The van der Waals surface area contributed by atoms with E-state index in [1.165, 1.54) is 0 Å². The third kappa shape index (κ3) is 3.91. The number of piperazine rings is 1. The first kappa shape index (κ1) is 18.2. The van der Waals surface area contributed by atoms with Gasteiger partial charge in [-0.15, -0.1) is 0 Å². The molecule has 0 aliphatic carbocycles. The van der Waals surface area contributed by atoms with Gasteiger partial charge in [0.05, 0.1) is 11.8 Å². The van der Waals surface area contributed by atoms with Crippen LogP contribution in [0.15, 0.2) is 49.1 Å². The van der Waals surface area contributed by atoms with E-state index in [-0.39, 0.29) is 5.78 Å². The average molecular weight is 377 g/mol. The summed E-state index contributed by atoms with van der Waals surface area (Å²) < 4.78 is 0. The number of anilines is 1. The molecule has 0 aromatic carbocycles. The summed E-state index contributed by atoms with van der Waals surface area (Å²) in [6.45, 7) is 5.64. The molecule has 1 saturated heterocycles. The third-order valence-electron chi connectivity index (χ3n) is 5.04. The molecular formula is C20H23N7O. The molecule has 3 aromatic heterocycles. The van der Waals surface area contributed by atoms with Crippen molar-refractivity contribution in [1.82, 2.24) is 30.0 Å². The summed E-state index contributed by atoms with van der Waals surface area (Å²) >= 11 is 0. The number of rotatable bonds is 6. The van der Waals surface area contributed by atoms with Gasteiger partial charge in [-0.05, 0) is 25.1 Å². The standard InChI is InChI=1S/C20H23N7O/c1-15-14-26(11-12-27(15)18-5-2-3-7-21-18)10-6-17(28)16-13-24-25-19(16)20-22-8-4-9-23-20/h2-5,7-9,13,15H,6,10-12,14H2,1H3,(H,24,25). The monoisotopic (exact) mass is 377 g/mol. The number of hydrogen-bond acceptors (Lipinski definition) is 7. The number of aromatic nitrogens is 5. The molecule has 1 N–H and O–H groups in total. The first-order valence-electron chi connectivity index (χ1n) is 9.46. The number of pyridine rings is 1. The van der Waals surface area contributed by atoms with Gasteiger partial charge in [-0.1, -0.05) is 6.07 Å². The van der Waals surface area contributed by atoms with Crippen molar-refractivity contribution in [2.45, 2.75) is 19.4 Å². The van der Waals surface area contributed by atoms with Crippen molar-refractivity contribution in [3.8, 4) is 11.5 Å². The number of hydrogen-bond donors (Lipinski definition) is 1. The highest BCUT2D eigenvalue weighted by Gasteiger charge is 2.25. The van der Waals surface area contributed by atoms with Gasteiger partial charge in [0.25, 0.3) is 0 Å². The number of aromatic amines is 1. The first-order chi connectivity index (χ1) is 13.7. The zero-order valence-corrected chi connectivity index (χ0v) is 15.8. The van der Waals surface area contributed by atoms with Gasteiger partial charge >= 0.3 is 0 Å². The highest BCUT2D eigenvalue weighted by molar-refractivity contribution is 6.00. The second kappa shape index (κ2) is 8.26. The van der Waals surface area contributed by atoms with E-state index < -0.39 is 0 Å². The minimum absolute atomic E-state index is 0.0519. The molecule has 3 aromatic rings. The van der Waals surface area contributed by atoms with Gasteiger partial charge in [-0.3, -0.25) is 14.8 Å². The number of carbonyl (C=O) groups is 1. The Hall–Kier alpha value is -3.13. The lowest BCUT2D eigenvalue weighted by atomic mass is 10.1. The Balaban J connectivity index is 1.35. The van der Waals surface area contributed by atoms with Crippen molar-refractivity contribution in [1.29, 1.82) is 0 Å². The van der Waals surface area contributed by atoms with Gasteiger partial charge in [-0.25, -0.2) is 15.0 Å². The van der Waals surface area contributed by atoms with Crippen molar-refractivity contribution in [2.75, 3.05) is 31.1 Å². The molecule has 1 atom stereocenters. The quantitative estimate of drug-likeness (QED) is 0.657. The molecule has 8 heteroatoms. The number of nitrogens with one attached hydrogen (secondary N) is 1. The summed E-state index contributed by atoms with van der Waals surface area (Å²) in [5, 5.41) is 6.87. The summed E-state index contributed by atoms with van der Waals surface area (Å²) in [6.07, 6.45) is 7.14.